The summed E-state index contributed by atoms with van der Waals surface area (Å²) in [7, 11) is -1.63. The van der Waals surface area contributed by atoms with Crippen molar-refractivity contribution in [3.05, 3.63) is 18.0 Å². The van der Waals surface area contributed by atoms with Gasteiger partial charge in [-0.3, -0.25) is 0 Å². The lowest BCUT2D eigenvalue weighted by molar-refractivity contribution is -0.0241. The van der Waals surface area contributed by atoms with Crippen LogP contribution < -0.4 is 5.73 Å². The van der Waals surface area contributed by atoms with Crippen molar-refractivity contribution >= 4 is 10.0 Å². The van der Waals surface area contributed by atoms with Crippen LogP contribution in [0.1, 0.15) is 25.0 Å². The normalized spacial score (nSPS) is 27.7. The number of fused-ring (bicyclic) bond motifs is 1. The van der Waals surface area contributed by atoms with Gasteiger partial charge in [0, 0.05) is 32.0 Å². The van der Waals surface area contributed by atoms with Gasteiger partial charge in [0.2, 0.25) is 10.0 Å². The first-order valence-electron chi connectivity index (χ1n) is 7.03. The molecule has 2 unspecified atom stereocenters. The summed E-state index contributed by atoms with van der Waals surface area (Å²) < 4.78 is 34.7. The van der Waals surface area contributed by atoms with Gasteiger partial charge in [-0.2, -0.15) is 4.31 Å². The summed E-state index contributed by atoms with van der Waals surface area (Å²) in [6, 6.07) is 1.67. The van der Waals surface area contributed by atoms with E-state index < -0.39 is 10.0 Å². The summed E-state index contributed by atoms with van der Waals surface area (Å²) in [5.74, 6) is 0. The molecule has 1 aromatic rings. The van der Waals surface area contributed by atoms with Gasteiger partial charge in [-0.1, -0.05) is 0 Å². The van der Waals surface area contributed by atoms with Crippen LogP contribution >= 0.6 is 0 Å². The Labute approximate surface area is 119 Å². The lowest BCUT2D eigenvalue weighted by Gasteiger charge is -2.36. The third-order valence-electron chi connectivity index (χ3n) is 4.33. The van der Waals surface area contributed by atoms with E-state index in [1.807, 2.05) is 7.05 Å². The Morgan fingerprint density at radius 1 is 1.45 bits per heavy atom. The third-order valence-corrected chi connectivity index (χ3v) is 6.22. The molecule has 20 heavy (non-hydrogen) atoms. The van der Waals surface area contributed by atoms with Crippen LogP contribution in [0.3, 0.4) is 0 Å². The van der Waals surface area contributed by atoms with Gasteiger partial charge in [-0.25, -0.2) is 8.42 Å². The van der Waals surface area contributed by atoms with E-state index in [0.717, 1.165) is 25.0 Å². The van der Waals surface area contributed by atoms with Gasteiger partial charge in [0.25, 0.3) is 0 Å². The number of nitrogens with zero attached hydrogens (tertiary/aromatic N) is 2. The average molecular weight is 299 g/mol. The van der Waals surface area contributed by atoms with E-state index in [9.17, 15) is 8.42 Å². The topological polar surface area (TPSA) is 77.6 Å². The highest BCUT2D eigenvalue weighted by atomic mass is 32.2. The molecule has 0 radical (unpaired) electrons. The molecular formula is C13H21N3O3S. The first-order chi connectivity index (χ1) is 9.54. The predicted octanol–water partition coefficient (Wildman–Crippen LogP) is 0.426. The van der Waals surface area contributed by atoms with Gasteiger partial charge in [0.15, 0.2) is 0 Å². The van der Waals surface area contributed by atoms with E-state index in [1.165, 1.54) is 0 Å². The molecule has 0 bridgehead atoms. The van der Waals surface area contributed by atoms with Crippen LogP contribution in [0.25, 0.3) is 0 Å². The van der Waals surface area contributed by atoms with Crippen LogP contribution in [0.2, 0.25) is 0 Å². The Hall–Kier alpha value is -0.890. The maximum atomic E-state index is 12.8. The highest BCUT2D eigenvalue weighted by Gasteiger charge is 2.42. The zero-order valence-electron chi connectivity index (χ0n) is 11.7. The summed E-state index contributed by atoms with van der Waals surface area (Å²) in [5, 5.41) is 0. The van der Waals surface area contributed by atoms with Crippen LogP contribution in [-0.2, 0) is 28.4 Å². The number of rotatable bonds is 3. The highest BCUT2D eigenvalue weighted by molar-refractivity contribution is 7.89. The van der Waals surface area contributed by atoms with Crippen molar-refractivity contribution in [2.75, 3.05) is 13.2 Å². The monoisotopic (exact) mass is 299 g/mol. The van der Waals surface area contributed by atoms with E-state index in [0.29, 0.717) is 24.6 Å². The molecule has 2 N–H and O–H groups in total. The van der Waals surface area contributed by atoms with E-state index in [4.69, 9.17) is 10.5 Å². The maximum Gasteiger partial charge on any atom is 0.245 e. The molecule has 2 atom stereocenters. The fourth-order valence-electron chi connectivity index (χ4n) is 3.25. The standard InChI is InChI=1S/C13H21N3O3S/c1-15-9-11(7-10(15)8-14)20(17,18)16-5-6-19-13-4-2-3-12(13)16/h7,9,12-13H,2-6,8,14H2,1H3. The van der Waals surface area contributed by atoms with E-state index in [-0.39, 0.29) is 12.1 Å². The number of ether oxygens (including phenoxy) is 1. The summed E-state index contributed by atoms with van der Waals surface area (Å²) in [5.41, 5.74) is 6.44. The molecule has 1 saturated heterocycles. The van der Waals surface area contributed by atoms with Gasteiger partial charge in [0.05, 0.1) is 18.8 Å². The van der Waals surface area contributed by atoms with Crippen molar-refractivity contribution in [2.45, 2.75) is 42.8 Å². The van der Waals surface area contributed by atoms with Crippen LogP contribution in [0.5, 0.6) is 0 Å². The van der Waals surface area contributed by atoms with Crippen molar-refractivity contribution in [2.24, 2.45) is 12.8 Å². The molecule has 6 nitrogen and oxygen atoms in total. The molecule has 1 aromatic heterocycles. The van der Waals surface area contributed by atoms with Crippen LogP contribution in [0.15, 0.2) is 17.2 Å². The number of aromatic nitrogens is 1. The van der Waals surface area contributed by atoms with Crippen LogP contribution in [0.4, 0.5) is 0 Å². The number of nitrogens with two attached hydrogens (primary N) is 1. The molecule has 1 aliphatic carbocycles. The Balaban J connectivity index is 1.94. The molecule has 7 heteroatoms. The second-order valence-corrected chi connectivity index (χ2v) is 7.40. The van der Waals surface area contributed by atoms with Crippen molar-refractivity contribution in [1.29, 1.82) is 0 Å². The molecular weight excluding hydrogens is 278 g/mol. The van der Waals surface area contributed by atoms with Gasteiger partial charge in [-0.05, 0) is 25.3 Å². The zero-order valence-corrected chi connectivity index (χ0v) is 12.5. The first kappa shape index (κ1) is 14.1. The maximum absolute atomic E-state index is 12.8. The zero-order chi connectivity index (χ0) is 14.3. The molecule has 2 heterocycles. The van der Waals surface area contributed by atoms with Gasteiger partial charge < -0.3 is 15.0 Å². The molecule has 1 aliphatic heterocycles. The van der Waals surface area contributed by atoms with E-state index >= 15 is 0 Å². The fraction of sp³-hybridized carbons (Fsp3) is 0.692. The van der Waals surface area contributed by atoms with Gasteiger partial charge in [0.1, 0.15) is 4.90 Å². The second-order valence-electron chi connectivity index (χ2n) is 5.51. The van der Waals surface area contributed by atoms with E-state index in [1.54, 1.807) is 21.1 Å². The minimum Gasteiger partial charge on any atom is -0.375 e. The quantitative estimate of drug-likeness (QED) is 0.878. The largest absolute Gasteiger partial charge is 0.375 e. The van der Waals surface area contributed by atoms with Crippen molar-refractivity contribution in [3.63, 3.8) is 0 Å². The highest BCUT2D eigenvalue weighted by Crippen LogP contribution is 2.33. The second kappa shape index (κ2) is 5.14. The lowest BCUT2D eigenvalue weighted by Crippen LogP contribution is -2.51. The Bertz CT molecular complexity index is 596. The van der Waals surface area contributed by atoms with Crippen molar-refractivity contribution < 1.29 is 13.2 Å². The lowest BCUT2D eigenvalue weighted by atomic mass is 10.2. The smallest absolute Gasteiger partial charge is 0.245 e. The molecule has 0 amide bonds. The van der Waals surface area contributed by atoms with Crippen LogP contribution in [0, 0.1) is 0 Å². The van der Waals surface area contributed by atoms with Gasteiger partial charge in [-0.15, -0.1) is 0 Å². The first-order valence-corrected chi connectivity index (χ1v) is 8.47. The Morgan fingerprint density at radius 3 is 2.95 bits per heavy atom. The minimum absolute atomic E-state index is 0.00437. The van der Waals surface area contributed by atoms with Crippen molar-refractivity contribution in [3.8, 4) is 0 Å². The molecule has 1 saturated carbocycles. The average Bonchev–Trinajstić information content (AvgIpc) is 3.04. The van der Waals surface area contributed by atoms with Crippen LogP contribution in [-0.4, -0.2) is 42.6 Å². The number of morpholine rings is 1. The predicted molar refractivity (Wildman–Crippen MR) is 74.6 cm³/mol. The summed E-state index contributed by atoms with van der Waals surface area (Å²) in [6.45, 7) is 1.26. The molecule has 0 spiro atoms. The number of hydrogen-bond acceptors (Lipinski definition) is 4. The molecule has 112 valence electrons. The summed E-state index contributed by atoms with van der Waals surface area (Å²) >= 11 is 0. The number of aryl methyl sites for hydroxylation is 1. The van der Waals surface area contributed by atoms with E-state index in [2.05, 4.69) is 0 Å². The summed E-state index contributed by atoms with van der Waals surface area (Å²) in [6.07, 6.45) is 4.59. The van der Waals surface area contributed by atoms with Gasteiger partial charge >= 0.3 is 0 Å². The summed E-state index contributed by atoms with van der Waals surface area (Å²) in [4.78, 5) is 0.341. The third kappa shape index (κ3) is 2.18. The number of sulfonamides is 1. The Morgan fingerprint density at radius 2 is 2.25 bits per heavy atom. The SMILES string of the molecule is Cn1cc(S(=O)(=O)N2CCOC3CCCC32)cc1CN. The fourth-order valence-corrected chi connectivity index (χ4v) is 5.00. The molecule has 2 fully saturated rings. The Kier molecular flexibility index (Phi) is 3.62. The molecule has 3 rings (SSSR count). The minimum atomic E-state index is -3.45. The number of hydrogen-bond donors (Lipinski definition) is 1. The van der Waals surface area contributed by atoms with Crippen molar-refractivity contribution in [1.82, 2.24) is 8.87 Å². The molecule has 2 aliphatic rings. The molecule has 0 aromatic carbocycles.